The van der Waals surface area contributed by atoms with Gasteiger partial charge in [-0.3, -0.25) is 4.79 Å². The van der Waals surface area contributed by atoms with Crippen LogP contribution in [0.25, 0.3) is 0 Å². The number of amides is 1. The van der Waals surface area contributed by atoms with Crippen LogP contribution >= 0.6 is 0 Å². The molecular formula is C34H46N2O11. The molecule has 1 saturated heterocycles. The maximum atomic E-state index is 13.4. The molecule has 1 spiro atoms. The van der Waals surface area contributed by atoms with E-state index in [2.05, 4.69) is 10.2 Å². The quantitative estimate of drug-likeness (QED) is 0.311. The maximum Gasteiger partial charge on any atom is 0.408 e. The van der Waals surface area contributed by atoms with Crippen LogP contribution in [-0.2, 0) is 45.2 Å². The van der Waals surface area contributed by atoms with E-state index in [0.717, 1.165) is 11.1 Å². The first-order valence-corrected chi connectivity index (χ1v) is 15.9. The van der Waals surface area contributed by atoms with E-state index < -0.39 is 70.9 Å². The van der Waals surface area contributed by atoms with Crippen molar-refractivity contribution in [3.63, 3.8) is 0 Å². The molecule has 1 amide bonds. The van der Waals surface area contributed by atoms with Gasteiger partial charge in [-0.25, -0.2) is 14.4 Å². The fraction of sp³-hybridized carbons (Fsp3) is 0.647. The van der Waals surface area contributed by atoms with Gasteiger partial charge >= 0.3 is 24.0 Å². The molecule has 1 aromatic carbocycles. The molecule has 0 aromatic heterocycles. The average molecular weight is 659 g/mol. The second-order valence-corrected chi connectivity index (χ2v) is 14.8. The first kappa shape index (κ1) is 34.5. The predicted molar refractivity (Wildman–Crippen MR) is 167 cm³/mol. The minimum absolute atomic E-state index is 0.179. The highest BCUT2D eigenvalue weighted by molar-refractivity contribution is 5.88. The van der Waals surface area contributed by atoms with Gasteiger partial charge < -0.3 is 43.7 Å². The van der Waals surface area contributed by atoms with Crippen molar-refractivity contribution in [2.45, 2.75) is 121 Å². The Morgan fingerprint density at radius 3 is 2.40 bits per heavy atom. The number of alkyl carbamates (subject to hydrolysis) is 1. The van der Waals surface area contributed by atoms with E-state index in [1.54, 1.807) is 54.7 Å². The Morgan fingerprint density at radius 1 is 1.09 bits per heavy atom. The lowest BCUT2D eigenvalue weighted by atomic mass is 9.50. The summed E-state index contributed by atoms with van der Waals surface area (Å²) in [6.45, 7) is 12.0. The van der Waals surface area contributed by atoms with Gasteiger partial charge in [0, 0.05) is 18.0 Å². The highest BCUT2D eigenvalue weighted by atomic mass is 16.6. The SMILES string of the molecule is COc1ccc2c3c1O[C@H]1C(OC(=O)[C@H](C)OC(=O)[C@H](CC(=O)OC(C)(C)C)NC(=O)OC(C)(C)C)=CC[C@@]4(O)[C@@H](C2)N(C)CC[C@]314. The summed E-state index contributed by atoms with van der Waals surface area (Å²) in [5, 5.41) is 14.7. The lowest BCUT2D eigenvalue weighted by molar-refractivity contribution is -0.176. The molecule has 2 aliphatic heterocycles. The van der Waals surface area contributed by atoms with E-state index in [1.165, 1.54) is 6.92 Å². The average Bonchev–Trinajstić information content (AvgIpc) is 3.30. The fourth-order valence-corrected chi connectivity index (χ4v) is 7.28. The van der Waals surface area contributed by atoms with Crippen molar-refractivity contribution in [1.82, 2.24) is 10.2 Å². The van der Waals surface area contributed by atoms with Gasteiger partial charge in [0.2, 0.25) is 0 Å². The standard InChI is InChI=1S/C34H46N2O11/c1-18(43-29(39)20(17-24(37)46-31(2,3)4)35-30(40)47-32(5,6)7)28(38)44-22-12-13-34(41)23-16-19-10-11-21(42-9)26-25(19)33(34,27(22)45-26)14-15-36(23)8/h10-12,18,20,23,27,41H,13-17H2,1-9H3,(H,35,40)/t18-,20-,23+,27-,33-,34+/m0/s1. The molecule has 13 nitrogen and oxygen atoms in total. The molecule has 47 heavy (non-hydrogen) atoms. The Balaban J connectivity index is 1.35. The summed E-state index contributed by atoms with van der Waals surface area (Å²) in [5.74, 6) is -1.46. The van der Waals surface area contributed by atoms with Crippen LogP contribution in [0.2, 0.25) is 0 Å². The summed E-state index contributed by atoms with van der Waals surface area (Å²) in [5.41, 5.74) is -1.86. The first-order valence-electron chi connectivity index (χ1n) is 15.9. The van der Waals surface area contributed by atoms with Gasteiger partial charge in [-0.15, -0.1) is 0 Å². The Kier molecular flexibility index (Phi) is 8.80. The Hall–Kier alpha value is -3.84. The number of hydrogen-bond acceptors (Lipinski definition) is 12. The van der Waals surface area contributed by atoms with E-state index in [4.69, 9.17) is 28.4 Å². The molecule has 258 valence electrons. The summed E-state index contributed by atoms with van der Waals surface area (Å²) in [4.78, 5) is 54.0. The zero-order chi connectivity index (χ0) is 34.7. The third kappa shape index (κ3) is 6.27. The molecule has 4 aliphatic rings. The van der Waals surface area contributed by atoms with Crippen molar-refractivity contribution in [2.24, 2.45) is 0 Å². The van der Waals surface area contributed by atoms with E-state index in [9.17, 15) is 24.3 Å². The number of nitrogens with zero attached hydrogens (tertiary/aromatic N) is 1. The van der Waals surface area contributed by atoms with Crippen molar-refractivity contribution in [3.8, 4) is 11.5 Å². The van der Waals surface area contributed by atoms with Crippen molar-refractivity contribution in [2.75, 3.05) is 20.7 Å². The minimum Gasteiger partial charge on any atom is -0.493 e. The largest absolute Gasteiger partial charge is 0.493 e. The van der Waals surface area contributed by atoms with Gasteiger partial charge in [0.1, 0.15) is 23.0 Å². The second kappa shape index (κ2) is 12.0. The number of carbonyl (C=O) groups excluding carboxylic acids is 4. The maximum absolute atomic E-state index is 13.4. The minimum atomic E-state index is -1.50. The zero-order valence-electron chi connectivity index (χ0n) is 28.6. The molecule has 0 saturated carbocycles. The number of aliphatic hydroxyl groups is 1. The molecule has 2 aliphatic carbocycles. The van der Waals surface area contributed by atoms with Crippen LogP contribution in [0.3, 0.4) is 0 Å². The second-order valence-electron chi connectivity index (χ2n) is 14.8. The highest BCUT2D eigenvalue weighted by Gasteiger charge is 2.72. The number of piperidine rings is 1. The van der Waals surface area contributed by atoms with Gasteiger partial charge in [-0.2, -0.15) is 0 Å². The zero-order valence-corrected chi connectivity index (χ0v) is 28.6. The van der Waals surface area contributed by atoms with E-state index in [0.29, 0.717) is 30.9 Å². The summed E-state index contributed by atoms with van der Waals surface area (Å²) >= 11 is 0. The Bertz CT molecular complexity index is 1460. The molecule has 0 radical (unpaired) electrons. The summed E-state index contributed by atoms with van der Waals surface area (Å²) in [7, 11) is 3.55. The Morgan fingerprint density at radius 2 is 1.77 bits per heavy atom. The molecule has 5 rings (SSSR count). The number of rotatable bonds is 8. The number of likely N-dealkylation sites (N-methyl/N-ethyl adjacent to an activating group) is 1. The summed E-state index contributed by atoms with van der Waals surface area (Å²) in [6, 6.07) is 2.16. The van der Waals surface area contributed by atoms with E-state index in [1.807, 2.05) is 19.2 Å². The van der Waals surface area contributed by atoms with Crippen LogP contribution in [0.1, 0.15) is 78.9 Å². The van der Waals surface area contributed by atoms with E-state index in [-0.39, 0.29) is 18.2 Å². The Labute approximate surface area is 274 Å². The number of likely N-dealkylation sites (tertiary alicyclic amines) is 1. The van der Waals surface area contributed by atoms with Gasteiger partial charge in [0.05, 0.1) is 24.5 Å². The molecule has 13 heteroatoms. The predicted octanol–water partition coefficient (Wildman–Crippen LogP) is 3.07. The van der Waals surface area contributed by atoms with Crippen LogP contribution < -0.4 is 14.8 Å². The fourth-order valence-electron chi connectivity index (χ4n) is 7.28. The topological polar surface area (TPSA) is 159 Å². The smallest absolute Gasteiger partial charge is 0.408 e. The molecule has 2 heterocycles. The lowest BCUT2D eigenvalue weighted by Gasteiger charge is -2.61. The number of hydrogen-bond donors (Lipinski definition) is 2. The van der Waals surface area contributed by atoms with Crippen LogP contribution in [0.15, 0.2) is 24.0 Å². The third-order valence-electron chi connectivity index (χ3n) is 9.17. The number of carbonyl (C=O) groups is 4. The van der Waals surface area contributed by atoms with Gasteiger partial charge in [-0.1, -0.05) is 6.07 Å². The number of methoxy groups -OCH3 is 1. The first-order chi connectivity index (χ1) is 21.8. The van der Waals surface area contributed by atoms with Crippen molar-refractivity contribution >= 4 is 24.0 Å². The van der Waals surface area contributed by atoms with Crippen molar-refractivity contribution in [1.29, 1.82) is 0 Å². The van der Waals surface area contributed by atoms with E-state index >= 15 is 0 Å². The molecule has 6 atom stereocenters. The van der Waals surface area contributed by atoms with Gasteiger partial charge in [0.15, 0.2) is 23.7 Å². The monoisotopic (exact) mass is 658 g/mol. The molecule has 2 N–H and O–H groups in total. The molecule has 1 aromatic rings. The number of benzene rings is 1. The molecular weight excluding hydrogens is 612 g/mol. The van der Waals surface area contributed by atoms with Crippen molar-refractivity contribution in [3.05, 3.63) is 35.1 Å². The molecule has 0 unspecified atom stereocenters. The van der Waals surface area contributed by atoms with Crippen LogP contribution in [0, 0.1) is 0 Å². The van der Waals surface area contributed by atoms with Gasteiger partial charge in [0.25, 0.3) is 0 Å². The third-order valence-corrected chi connectivity index (χ3v) is 9.17. The van der Waals surface area contributed by atoms with Crippen molar-refractivity contribution < 1.29 is 52.7 Å². The number of esters is 3. The summed E-state index contributed by atoms with van der Waals surface area (Å²) < 4.78 is 34.0. The van der Waals surface area contributed by atoms with Gasteiger partial charge in [-0.05, 0) is 92.6 Å². The normalized spacial score (nSPS) is 27.2. The number of ether oxygens (including phenoxy) is 6. The highest BCUT2D eigenvalue weighted by Crippen LogP contribution is 2.65. The van der Waals surface area contributed by atoms with Crippen LogP contribution in [0.4, 0.5) is 4.79 Å². The molecule has 2 bridgehead atoms. The van der Waals surface area contributed by atoms with Crippen LogP contribution in [-0.4, -0.2) is 95.8 Å². The molecule has 1 fully saturated rings. The van der Waals surface area contributed by atoms with Crippen LogP contribution in [0.5, 0.6) is 11.5 Å². The number of nitrogens with one attached hydrogen (secondary N) is 1. The lowest BCUT2D eigenvalue weighted by Crippen LogP contribution is -2.74. The summed E-state index contributed by atoms with van der Waals surface area (Å²) in [6.07, 6.45) is -0.707.